The van der Waals surface area contributed by atoms with Gasteiger partial charge in [-0.15, -0.1) is 0 Å². The molecule has 4 atom stereocenters. The first-order valence-electron chi connectivity index (χ1n) is 16.3. The number of rotatable bonds is 26. The zero-order chi connectivity index (χ0) is 28.6. The third kappa shape index (κ3) is 18.7. The molecule has 2 N–H and O–H groups in total. The van der Waals surface area contributed by atoms with Crippen molar-refractivity contribution in [1.29, 1.82) is 0 Å². The standard InChI is InChI=1S/C32H60O5S2/c1-3-5-7-9-11-13-15-17-19-21-23-29(38)36-27(25-33)32-31(34)28(26-35-32)37-30(39)24-22-20-18-16-14-12-10-8-6-4-2/h27-28,31-34H,3-26H2,1-2H3/t27-,28+,31-,32-/m0/s1. The van der Waals surface area contributed by atoms with E-state index >= 15 is 0 Å². The molecule has 0 aromatic rings. The maximum atomic E-state index is 10.8. The van der Waals surface area contributed by atoms with Crippen molar-refractivity contribution in [2.45, 2.75) is 180 Å². The van der Waals surface area contributed by atoms with Crippen LogP contribution in [0.4, 0.5) is 0 Å². The van der Waals surface area contributed by atoms with Crippen molar-refractivity contribution in [3.63, 3.8) is 0 Å². The van der Waals surface area contributed by atoms with Crippen LogP contribution in [-0.2, 0) is 14.2 Å². The van der Waals surface area contributed by atoms with Crippen LogP contribution in [0.25, 0.3) is 0 Å². The van der Waals surface area contributed by atoms with Crippen molar-refractivity contribution in [2.75, 3.05) is 13.2 Å². The van der Waals surface area contributed by atoms with Crippen molar-refractivity contribution < 1.29 is 24.4 Å². The third-order valence-electron chi connectivity index (χ3n) is 7.75. The van der Waals surface area contributed by atoms with Crippen LogP contribution in [0.5, 0.6) is 0 Å². The van der Waals surface area contributed by atoms with Gasteiger partial charge in [0.05, 0.1) is 13.2 Å². The number of unbranched alkanes of at least 4 members (excludes halogenated alkanes) is 18. The van der Waals surface area contributed by atoms with Gasteiger partial charge in [0.25, 0.3) is 0 Å². The largest absolute Gasteiger partial charge is 0.479 e. The van der Waals surface area contributed by atoms with Crippen LogP contribution in [0.3, 0.4) is 0 Å². The molecule has 0 aromatic carbocycles. The fourth-order valence-corrected chi connectivity index (χ4v) is 5.76. The molecule has 0 saturated carbocycles. The van der Waals surface area contributed by atoms with Crippen LogP contribution in [0.1, 0.15) is 155 Å². The fraction of sp³-hybridized carbons (Fsp3) is 0.938. The van der Waals surface area contributed by atoms with Crippen molar-refractivity contribution in [3.8, 4) is 0 Å². The quantitative estimate of drug-likeness (QED) is 0.0773. The molecule has 230 valence electrons. The highest BCUT2D eigenvalue weighted by atomic mass is 32.1. The van der Waals surface area contributed by atoms with Gasteiger partial charge >= 0.3 is 0 Å². The summed E-state index contributed by atoms with van der Waals surface area (Å²) >= 11 is 10.8. The number of aliphatic hydroxyl groups is 2. The lowest BCUT2D eigenvalue weighted by atomic mass is 10.1. The second kappa shape index (κ2) is 25.4. The van der Waals surface area contributed by atoms with Crippen LogP contribution in [0.15, 0.2) is 0 Å². The monoisotopic (exact) mass is 588 g/mol. The summed E-state index contributed by atoms with van der Waals surface area (Å²) in [6, 6.07) is 0. The highest BCUT2D eigenvalue weighted by Gasteiger charge is 2.43. The zero-order valence-corrected chi connectivity index (χ0v) is 26.8. The summed E-state index contributed by atoms with van der Waals surface area (Å²) in [7, 11) is 0. The predicted molar refractivity (Wildman–Crippen MR) is 171 cm³/mol. The van der Waals surface area contributed by atoms with Gasteiger partial charge in [-0.1, -0.05) is 129 Å². The van der Waals surface area contributed by atoms with Gasteiger partial charge < -0.3 is 24.4 Å². The number of hydrogen-bond donors (Lipinski definition) is 2. The van der Waals surface area contributed by atoms with Gasteiger partial charge in [-0.2, -0.15) is 0 Å². The smallest absolute Gasteiger partial charge is 0.160 e. The number of aliphatic hydroxyl groups excluding tert-OH is 2. The van der Waals surface area contributed by atoms with Crippen LogP contribution < -0.4 is 0 Å². The summed E-state index contributed by atoms with van der Waals surface area (Å²) in [6.07, 6.45) is 24.1. The van der Waals surface area contributed by atoms with E-state index in [1.807, 2.05) is 0 Å². The summed E-state index contributed by atoms with van der Waals surface area (Å²) in [6.45, 7) is 4.47. The Morgan fingerprint density at radius 3 is 1.54 bits per heavy atom. The maximum Gasteiger partial charge on any atom is 0.160 e. The first-order valence-corrected chi connectivity index (χ1v) is 17.1. The zero-order valence-electron chi connectivity index (χ0n) is 25.2. The van der Waals surface area contributed by atoms with E-state index < -0.39 is 24.4 Å². The first kappa shape index (κ1) is 36.7. The minimum atomic E-state index is -0.909. The normalized spacial score (nSPS) is 19.7. The number of thiocarbonyl (C=S) groups is 2. The van der Waals surface area contributed by atoms with Gasteiger partial charge in [0.2, 0.25) is 0 Å². The van der Waals surface area contributed by atoms with Crippen molar-refractivity contribution in [1.82, 2.24) is 0 Å². The summed E-state index contributed by atoms with van der Waals surface area (Å²) in [5.41, 5.74) is 0. The molecule has 1 aliphatic heterocycles. The van der Waals surface area contributed by atoms with Gasteiger partial charge in [-0.05, 0) is 37.3 Å². The van der Waals surface area contributed by atoms with Crippen molar-refractivity contribution in [2.24, 2.45) is 0 Å². The van der Waals surface area contributed by atoms with Crippen molar-refractivity contribution >= 4 is 34.5 Å². The summed E-state index contributed by atoms with van der Waals surface area (Å²) in [5.74, 6) is 0. The van der Waals surface area contributed by atoms with Crippen LogP contribution in [0, 0.1) is 0 Å². The molecule has 0 aliphatic carbocycles. The molecule has 1 saturated heterocycles. The van der Waals surface area contributed by atoms with E-state index in [4.69, 9.17) is 38.6 Å². The molecular weight excluding hydrogens is 528 g/mol. The molecule has 1 rings (SSSR count). The molecular formula is C32H60O5S2. The Kier molecular flexibility index (Phi) is 23.9. The lowest BCUT2D eigenvalue weighted by Crippen LogP contribution is -2.43. The predicted octanol–water partition coefficient (Wildman–Crippen LogP) is 8.79. The highest BCUT2D eigenvalue weighted by molar-refractivity contribution is 7.80. The molecule has 0 radical (unpaired) electrons. The summed E-state index contributed by atoms with van der Waals surface area (Å²) in [5, 5.41) is 21.7. The minimum absolute atomic E-state index is 0.231. The van der Waals surface area contributed by atoms with E-state index in [0.29, 0.717) is 16.5 Å². The minimum Gasteiger partial charge on any atom is -0.479 e. The van der Waals surface area contributed by atoms with Crippen LogP contribution in [-0.4, -0.2) is 57.9 Å². The summed E-state index contributed by atoms with van der Waals surface area (Å²) in [4.78, 5) is 0. The number of hydrogen-bond acceptors (Lipinski definition) is 7. The Morgan fingerprint density at radius 2 is 1.10 bits per heavy atom. The molecule has 0 aromatic heterocycles. The fourth-order valence-electron chi connectivity index (χ4n) is 5.22. The molecule has 1 fully saturated rings. The molecule has 7 heteroatoms. The second-order valence-corrected chi connectivity index (χ2v) is 12.3. The third-order valence-corrected chi connectivity index (χ3v) is 8.35. The van der Waals surface area contributed by atoms with Gasteiger partial charge in [0, 0.05) is 12.8 Å². The Bertz CT molecular complexity index is 603. The Balaban J connectivity index is 2.14. The lowest BCUT2D eigenvalue weighted by Gasteiger charge is -2.26. The lowest BCUT2D eigenvalue weighted by molar-refractivity contribution is -0.0615. The van der Waals surface area contributed by atoms with E-state index in [0.717, 1.165) is 32.1 Å². The van der Waals surface area contributed by atoms with Gasteiger partial charge in [-0.25, -0.2) is 0 Å². The topological polar surface area (TPSA) is 68.2 Å². The van der Waals surface area contributed by atoms with Crippen LogP contribution in [0.2, 0.25) is 0 Å². The molecule has 0 spiro atoms. The Labute approximate surface area is 251 Å². The Morgan fingerprint density at radius 1 is 0.692 bits per heavy atom. The molecule has 0 unspecified atom stereocenters. The second-order valence-electron chi connectivity index (χ2n) is 11.4. The Hall–Kier alpha value is -0.340. The van der Waals surface area contributed by atoms with Crippen LogP contribution >= 0.6 is 24.4 Å². The summed E-state index contributed by atoms with van der Waals surface area (Å²) < 4.78 is 17.5. The molecule has 0 bridgehead atoms. The van der Waals surface area contributed by atoms with E-state index in [1.54, 1.807) is 0 Å². The molecule has 39 heavy (non-hydrogen) atoms. The van der Waals surface area contributed by atoms with Gasteiger partial charge in [-0.3, -0.25) is 0 Å². The average molecular weight is 589 g/mol. The average Bonchev–Trinajstić information content (AvgIpc) is 3.28. The number of ether oxygens (including phenoxy) is 3. The van der Waals surface area contributed by atoms with E-state index in [-0.39, 0.29) is 13.2 Å². The highest BCUT2D eigenvalue weighted by Crippen LogP contribution is 2.24. The maximum absolute atomic E-state index is 10.8. The van der Waals surface area contributed by atoms with Crippen molar-refractivity contribution in [3.05, 3.63) is 0 Å². The van der Waals surface area contributed by atoms with Gasteiger partial charge in [0.15, 0.2) is 22.3 Å². The van der Waals surface area contributed by atoms with E-state index in [9.17, 15) is 10.2 Å². The van der Waals surface area contributed by atoms with E-state index in [2.05, 4.69) is 13.8 Å². The van der Waals surface area contributed by atoms with Gasteiger partial charge in [0.1, 0.15) is 12.2 Å². The molecule has 1 heterocycles. The molecule has 5 nitrogen and oxygen atoms in total. The molecule has 1 aliphatic rings. The molecule has 0 amide bonds. The SMILES string of the molecule is CCCCCCCCCCCCC(=S)O[C@@H](CO)[C@@H]1OC[C@@H](OC(=S)CCCCCCCCCCCC)[C@@H]1O. The first-order chi connectivity index (χ1) is 19.0. The van der Waals surface area contributed by atoms with E-state index in [1.165, 1.54) is 103 Å².